The van der Waals surface area contributed by atoms with Crippen molar-refractivity contribution in [2.24, 2.45) is 5.92 Å². The van der Waals surface area contributed by atoms with Gasteiger partial charge in [0, 0.05) is 36.7 Å². The van der Waals surface area contributed by atoms with Crippen molar-refractivity contribution in [3.05, 3.63) is 60.0 Å². The second-order valence-corrected chi connectivity index (χ2v) is 10.0. The number of hydrogen-bond acceptors (Lipinski definition) is 6. The minimum Gasteiger partial charge on any atom is -0.339 e. The van der Waals surface area contributed by atoms with Crippen LogP contribution in [0.15, 0.2) is 57.9 Å². The maximum absolute atomic E-state index is 13.1. The second kappa shape index (κ2) is 9.84. The molecule has 1 saturated heterocycles. The summed E-state index contributed by atoms with van der Waals surface area (Å²) in [6.07, 6.45) is 2.55. The molecule has 2 aromatic carbocycles. The summed E-state index contributed by atoms with van der Waals surface area (Å²) in [5.41, 5.74) is 2.67. The number of carbonyl (C=O) groups excluding carboxylic acids is 1. The lowest BCUT2D eigenvalue weighted by molar-refractivity contribution is -0.120. The number of benzene rings is 2. The van der Waals surface area contributed by atoms with Crippen LogP contribution in [0.25, 0.3) is 11.4 Å². The molecule has 0 atom stereocenters. The van der Waals surface area contributed by atoms with Gasteiger partial charge in [-0.05, 0) is 61.2 Å². The highest BCUT2D eigenvalue weighted by molar-refractivity contribution is 7.89. The predicted molar refractivity (Wildman–Crippen MR) is 125 cm³/mol. The number of aromatic nitrogens is 2. The Bertz CT molecular complexity index is 1200. The van der Waals surface area contributed by atoms with Crippen LogP contribution >= 0.6 is 0 Å². The van der Waals surface area contributed by atoms with Crippen LogP contribution in [0, 0.1) is 5.92 Å². The van der Waals surface area contributed by atoms with Crippen LogP contribution in [0.1, 0.15) is 38.1 Å². The second-order valence-electron chi connectivity index (χ2n) is 8.11. The van der Waals surface area contributed by atoms with E-state index in [-0.39, 0.29) is 16.7 Å². The van der Waals surface area contributed by atoms with Gasteiger partial charge in [0.2, 0.25) is 27.6 Å². The first-order valence-electron chi connectivity index (χ1n) is 11.2. The quantitative estimate of drug-likeness (QED) is 0.564. The summed E-state index contributed by atoms with van der Waals surface area (Å²) in [6.45, 7) is 4.62. The molecule has 3 aromatic rings. The topological polar surface area (TPSA) is 105 Å². The van der Waals surface area contributed by atoms with Gasteiger partial charge >= 0.3 is 0 Å². The Labute approximate surface area is 194 Å². The zero-order valence-electron chi connectivity index (χ0n) is 18.8. The van der Waals surface area contributed by atoms with Gasteiger partial charge in [-0.15, -0.1) is 0 Å². The van der Waals surface area contributed by atoms with Crippen LogP contribution in [0.5, 0.6) is 0 Å². The van der Waals surface area contributed by atoms with Crippen LogP contribution < -0.4 is 5.32 Å². The van der Waals surface area contributed by atoms with E-state index in [9.17, 15) is 13.2 Å². The monoisotopic (exact) mass is 468 g/mol. The lowest BCUT2D eigenvalue weighted by Gasteiger charge is -2.30. The van der Waals surface area contributed by atoms with Crippen molar-refractivity contribution in [2.45, 2.75) is 44.4 Å². The van der Waals surface area contributed by atoms with Gasteiger partial charge in [-0.25, -0.2) is 8.42 Å². The first-order chi connectivity index (χ1) is 15.9. The smallest absolute Gasteiger partial charge is 0.243 e. The van der Waals surface area contributed by atoms with Crippen molar-refractivity contribution >= 4 is 21.6 Å². The van der Waals surface area contributed by atoms with Gasteiger partial charge in [-0.2, -0.15) is 9.29 Å². The Morgan fingerprint density at radius 3 is 2.27 bits per heavy atom. The summed E-state index contributed by atoms with van der Waals surface area (Å²) >= 11 is 0. The van der Waals surface area contributed by atoms with Crippen LogP contribution in [0.4, 0.5) is 5.69 Å². The Morgan fingerprint density at radius 1 is 1.03 bits per heavy atom. The fourth-order valence-corrected chi connectivity index (χ4v) is 5.34. The first kappa shape index (κ1) is 23.1. The van der Waals surface area contributed by atoms with Crippen LogP contribution in [-0.2, 0) is 27.7 Å². The van der Waals surface area contributed by atoms with Crippen LogP contribution in [-0.4, -0.2) is 41.9 Å². The summed E-state index contributed by atoms with van der Waals surface area (Å²) in [5.74, 6) is 0.696. The number of aryl methyl sites for hydroxylation is 2. The lowest BCUT2D eigenvalue weighted by Crippen LogP contribution is -2.41. The third-order valence-corrected chi connectivity index (χ3v) is 7.89. The molecule has 1 aromatic heterocycles. The zero-order valence-corrected chi connectivity index (χ0v) is 19.6. The molecule has 1 fully saturated rings. The largest absolute Gasteiger partial charge is 0.339 e. The summed E-state index contributed by atoms with van der Waals surface area (Å²) in [6, 6.07) is 14.3. The predicted octanol–water partition coefficient (Wildman–Crippen LogP) is 3.90. The minimum atomic E-state index is -3.64. The van der Waals surface area contributed by atoms with Crippen molar-refractivity contribution in [1.29, 1.82) is 0 Å². The number of anilines is 1. The van der Waals surface area contributed by atoms with E-state index in [0.717, 1.165) is 12.1 Å². The third-order valence-electron chi connectivity index (χ3n) is 5.98. The minimum absolute atomic E-state index is 0.0628. The van der Waals surface area contributed by atoms with Gasteiger partial charge in [0.05, 0.1) is 4.90 Å². The van der Waals surface area contributed by atoms with E-state index in [1.54, 1.807) is 24.3 Å². The van der Waals surface area contributed by atoms with Crippen molar-refractivity contribution in [2.75, 3.05) is 18.4 Å². The standard InChI is InChI=1S/C24H28N4O4S/c1-3-17-5-9-20(10-6-17)25-24(29)19-13-15-28(16-14-19)33(30,31)21-11-7-18(8-12-21)23-26-22(4-2)32-27-23/h5-12,19H,3-4,13-16H2,1-2H3,(H,25,29). The molecule has 0 spiro atoms. The maximum atomic E-state index is 13.1. The van der Waals surface area contributed by atoms with E-state index in [1.807, 2.05) is 31.2 Å². The van der Waals surface area contributed by atoms with Crippen LogP contribution in [0.2, 0.25) is 0 Å². The SMILES string of the molecule is CCc1ccc(NC(=O)C2CCN(S(=O)(=O)c3ccc(-c4noc(CC)n4)cc3)CC2)cc1. The van der Waals surface area contributed by atoms with Gasteiger partial charge in [-0.1, -0.05) is 31.1 Å². The molecule has 1 aliphatic rings. The van der Waals surface area contributed by atoms with E-state index < -0.39 is 10.0 Å². The molecule has 33 heavy (non-hydrogen) atoms. The van der Waals surface area contributed by atoms with E-state index in [1.165, 1.54) is 9.87 Å². The highest BCUT2D eigenvalue weighted by atomic mass is 32.2. The van der Waals surface area contributed by atoms with Crippen molar-refractivity contribution in [1.82, 2.24) is 14.4 Å². The van der Waals surface area contributed by atoms with Crippen molar-refractivity contribution in [3.63, 3.8) is 0 Å². The number of nitrogens with zero attached hydrogens (tertiary/aromatic N) is 3. The molecule has 0 saturated carbocycles. The van der Waals surface area contributed by atoms with Gasteiger partial charge < -0.3 is 9.84 Å². The molecule has 1 aliphatic heterocycles. The number of amides is 1. The highest BCUT2D eigenvalue weighted by Crippen LogP contribution is 2.26. The molecule has 0 radical (unpaired) electrons. The van der Waals surface area contributed by atoms with Gasteiger partial charge in [-0.3, -0.25) is 4.79 Å². The molecule has 1 N–H and O–H groups in total. The summed E-state index contributed by atoms with van der Waals surface area (Å²) in [4.78, 5) is 17.1. The normalized spacial score (nSPS) is 15.5. The number of hydrogen-bond donors (Lipinski definition) is 1. The Hall–Kier alpha value is -3.04. The highest BCUT2D eigenvalue weighted by Gasteiger charge is 2.32. The maximum Gasteiger partial charge on any atom is 0.243 e. The molecule has 0 bridgehead atoms. The van der Waals surface area contributed by atoms with Gasteiger partial charge in [0.15, 0.2) is 0 Å². The molecule has 9 heteroatoms. The van der Waals surface area contributed by atoms with E-state index in [4.69, 9.17) is 4.52 Å². The number of nitrogens with one attached hydrogen (secondary N) is 1. The van der Waals surface area contributed by atoms with E-state index >= 15 is 0 Å². The molecule has 1 amide bonds. The average Bonchev–Trinajstić information content (AvgIpc) is 3.34. The Morgan fingerprint density at radius 2 is 1.70 bits per heavy atom. The van der Waals surface area contributed by atoms with Crippen molar-refractivity contribution < 1.29 is 17.7 Å². The molecule has 0 aliphatic carbocycles. The number of piperidine rings is 1. The fourth-order valence-electron chi connectivity index (χ4n) is 3.87. The fraction of sp³-hybridized carbons (Fsp3) is 0.375. The average molecular weight is 469 g/mol. The molecular weight excluding hydrogens is 440 g/mol. The van der Waals surface area contributed by atoms with Crippen LogP contribution in [0.3, 0.4) is 0 Å². The Kier molecular flexibility index (Phi) is 6.90. The molecule has 0 unspecified atom stereocenters. The lowest BCUT2D eigenvalue weighted by atomic mass is 9.97. The third kappa shape index (κ3) is 5.15. The number of carbonyl (C=O) groups is 1. The molecule has 2 heterocycles. The summed E-state index contributed by atoms with van der Waals surface area (Å²) < 4.78 is 32.7. The zero-order chi connectivity index (χ0) is 23.4. The summed E-state index contributed by atoms with van der Waals surface area (Å²) in [7, 11) is -3.64. The van der Waals surface area contributed by atoms with E-state index in [2.05, 4.69) is 22.4 Å². The number of sulfonamides is 1. The first-order valence-corrected chi connectivity index (χ1v) is 12.7. The number of rotatable bonds is 7. The Balaban J connectivity index is 1.36. The molecule has 8 nitrogen and oxygen atoms in total. The molecule has 4 rings (SSSR count). The van der Waals surface area contributed by atoms with E-state index in [0.29, 0.717) is 49.6 Å². The van der Waals surface area contributed by atoms with Crippen molar-refractivity contribution in [3.8, 4) is 11.4 Å². The van der Waals surface area contributed by atoms with Gasteiger partial charge in [0.25, 0.3) is 0 Å². The van der Waals surface area contributed by atoms with Gasteiger partial charge in [0.1, 0.15) is 0 Å². The molecule has 174 valence electrons. The molecular formula is C24H28N4O4S. The summed E-state index contributed by atoms with van der Waals surface area (Å²) in [5, 5.41) is 6.87.